The van der Waals surface area contributed by atoms with E-state index in [-0.39, 0.29) is 6.10 Å². The minimum Gasteiger partial charge on any atom is -0.490 e. The van der Waals surface area contributed by atoms with Gasteiger partial charge >= 0.3 is 0 Å². The van der Waals surface area contributed by atoms with Gasteiger partial charge in [-0.15, -0.1) is 11.3 Å². The van der Waals surface area contributed by atoms with Crippen LogP contribution in [0.4, 0.5) is 0 Å². The smallest absolute Gasteiger partial charge is 0.129 e. The molecule has 2 aromatic heterocycles. The van der Waals surface area contributed by atoms with E-state index in [1.807, 2.05) is 5.38 Å². The summed E-state index contributed by atoms with van der Waals surface area (Å²) in [5.74, 6) is 1.01. The molecule has 3 heterocycles. The van der Waals surface area contributed by atoms with Crippen molar-refractivity contribution in [1.29, 1.82) is 0 Å². The minimum atomic E-state index is -0.497. The zero-order valence-electron chi connectivity index (χ0n) is 16.7. The van der Waals surface area contributed by atoms with Gasteiger partial charge in [-0.3, -0.25) is 0 Å². The van der Waals surface area contributed by atoms with Crippen molar-refractivity contribution < 1.29 is 9.84 Å². The Labute approximate surface area is 175 Å². The largest absolute Gasteiger partial charge is 0.490 e. The highest BCUT2D eigenvalue weighted by Crippen LogP contribution is 2.36. The van der Waals surface area contributed by atoms with Gasteiger partial charge in [0.25, 0.3) is 0 Å². The second-order valence-electron chi connectivity index (χ2n) is 8.40. The summed E-state index contributed by atoms with van der Waals surface area (Å²) in [6, 6.07) is 9.34. The first-order valence-electron chi connectivity index (χ1n) is 10.8. The van der Waals surface area contributed by atoms with Gasteiger partial charge in [0.15, 0.2) is 0 Å². The van der Waals surface area contributed by atoms with Gasteiger partial charge in [0.2, 0.25) is 0 Å². The molecule has 1 aliphatic heterocycles. The van der Waals surface area contributed by atoms with Crippen molar-refractivity contribution in [3.63, 3.8) is 0 Å². The molecule has 5 rings (SSSR count). The van der Waals surface area contributed by atoms with E-state index in [9.17, 15) is 5.11 Å². The van der Waals surface area contributed by atoms with Gasteiger partial charge in [0, 0.05) is 42.6 Å². The van der Waals surface area contributed by atoms with E-state index in [0.29, 0.717) is 12.6 Å². The van der Waals surface area contributed by atoms with Crippen LogP contribution in [-0.4, -0.2) is 45.3 Å². The first kappa shape index (κ1) is 19.1. The van der Waals surface area contributed by atoms with Crippen molar-refractivity contribution in [3.8, 4) is 5.75 Å². The van der Waals surface area contributed by atoms with Crippen LogP contribution in [0.25, 0.3) is 10.9 Å². The van der Waals surface area contributed by atoms with Gasteiger partial charge in [-0.05, 0) is 43.9 Å². The molecular formula is C23H29N3O2S. The number of piperidine rings is 1. The first-order chi connectivity index (χ1) is 14.3. The summed E-state index contributed by atoms with van der Waals surface area (Å²) in [4.78, 5) is 6.55. The lowest BCUT2D eigenvalue weighted by Crippen LogP contribution is -2.40. The minimum absolute atomic E-state index is 0.239. The van der Waals surface area contributed by atoms with Crippen molar-refractivity contribution in [2.45, 2.75) is 56.8 Å². The number of aromatic nitrogens is 2. The number of hydrogen-bond donors (Lipinski definition) is 1. The van der Waals surface area contributed by atoms with E-state index in [0.717, 1.165) is 37.4 Å². The van der Waals surface area contributed by atoms with Gasteiger partial charge in [-0.1, -0.05) is 18.9 Å². The van der Waals surface area contributed by atoms with E-state index >= 15 is 0 Å². The van der Waals surface area contributed by atoms with Crippen LogP contribution in [0.2, 0.25) is 0 Å². The summed E-state index contributed by atoms with van der Waals surface area (Å²) >= 11 is 1.53. The monoisotopic (exact) mass is 411 g/mol. The fourth-order valence-corrected chi connectivity index (χ4v) is 5.48. The van der Waals surface area contributed by atoms with Gasteiger partial charge in [0.05, 0.1) is 16.7 Å². The number of thiazole rings is 1. The van der Waals surface area contributed by atoms with Crippen molar-refractivity contribution >= 4 is 22.2 Å². The second kappa shape index (κ2) is 8.46. The molecule has 1 aromatic carbocycles. The standard InChI is InChI=1S/C23H29N3O2S/c27-22(20-15-29-16-24-20)14-25-11-8-18(9-12-25)28-23-7-3-6-21-19(23)10-13-26(21)17-4-1-2-5-17/h3,6-7,10,13,15-18,22,27H,1-2,4-5,8-9,11-12,14H2. The topological polar surface area (TPSA) is 50.5 Å². The van der Waals surface area contributed by atoms with Gasteiger partial charge < -0.3 is 19.3 Å². The molecule has 2 fully saturated rings. The van der Waals surface area contributed by atoms with Crippen LogP contribution in [0.1, 0.15) is 56.4 Å². The van der Waals surface area contributed by atoms with Crippen LogP contribution in [0.15, 0.2) is 41.4 Å². The van der Waals surface area contributed by atoms with Crippen LogP contribution >= 0.6 is 11.3 Å². The Balaban J connectivity index is 1.21. The third kappa shape index (κ3) is 4.06. The van der Waals surface area contributed by atoms with Crippen molar-refractivity contribution in [3.05, 3.63) is 47.0 Å². The molecule has 3 aromatic rings. The van der Waals surface area contributed by atoms with Gasteiger partial charge in [0.1, 0.15) is 18.0 Å². The molecule has 1 atom stereocenters. The van der Waals surface area contributed by atoms with E-state index in [4.69, 9.17) is 4.74 Å². The number of ether oxygens (including phenoxy) is 1. The summed E-state index contributed by atoms with van der Waals surface area (Å²) in [6.07, 6.45) is 9.24. The normalized spacial score (nSPS) is 20.4. The molecule has 1 unspecified atom stereocenters. The molecule has 0 amide bonds. The van der Waals surface area contributed by atoms with Crippen molar-refractivity contribution in [1.82, 2.24) is 14.5 Å². The van der Waals surface area contributed by atoms with Crippen LogP contribution in [0.3, 0.4) is 0 Å². The number of nitrogens with zero attached hydrogens (tertiary/aromatic N) is 3. The Morgan fingerprint density at radius 2 is 1.97 bits per heavy atom. The molecule has 1 N–H and O–H groups in total. The molecule has 0 bridgehead atoms. The maximum Gasteiger partial charge on any atom is 0.129 e. The fraction of sp³-hybridized carbons (Fsp3) is 0.522. The summed E-state index contributed by atoms with van der Waals surface area (Å²) in [5.41, 5.74) is 3.87. The quantitative estimate of drug-likeness (QED) is 0.634. The molecule has 29 heavy (non-hydrogen) atoms. The Morgan fingerprint density at radius 1 is 1.14 bits per heavy atom. The molecule has 5 nitrogen and oxygen atoms in total. The SMILES string of the molecule is OC(CN1CCC(Oc2cccc3c2ccn3C2CCCC2)CC1)c1cscn1. The lowest BCUT2D eigenvalue weighted by Gasteiger charge is -2.33. The second-order valence-corrected chi connectivity index (χ2v) is 9.12. The fourth-order valence-electron chi connectivity index (χ4n) is 4.88. The van der Waals surface area contributed by atoms with E-state index in [1.165, 1.54) is 47.9 Å². The van der Waals surface area contributed by atoms with E-state index in [1.54, 1.807) is 5.51 Å². The van der Waals surface area contributed by atoms with Crippen LogP contribution in [-0.2, 0) is 0 Å². The van der Waals surface area contributed by atoms with Gasteiger partial charge in [-0.2, -0.15) is 0 Å². The number of fused-ring (bicyclic) bond motifs is 1. The maximum absolute atomic E-state index is 10.3. The highest BCUT2D eigenvalue weighted by Gasteiger charge is 2.24. The highest BCUT2D eigenvalue weighted by atomic mass is 32.1. The van der Waals surface area contributed by atoms with Crippen molar-refractivity contribution in [2.75, 3.05) is 19.6 Å². The lowest BCUT2D eigenvalue weighted by atomic mass is 10.1. The average Bonchev–Trinajstić information content (AvgIpc) is 3.50. The Bertz CT molecular complexity index is 925. The Morgan fingerprint density at radius 3 is 2.72 bits per heavy atom. The summed E-state index contributed by atoms with van der Waals surface area (Å²) in [5, 5.41) is 13.5. The number of aliphatic hydroxyl groups excluding tert-OH is 1. The molecule has 1 saturated carbocycles. The molecule has 6 heteroatoms. The first-order valence-corrected chi connectivity index (χ1v) is 11.8. The average molecular weight is 412 g/mol. The molecule has 1 aliphatic carbocycles. The van der Waals surface area contributed by atoms with Gasteiger partial charge in [-0.25, -0.2) is 4.98 Å². The van der Waals surface area contributed by atoms with E-state index in [2.05, 4.69) is 44.9 Å². The van der Waals surface area contributed by atoms with Crippen LogP contribution < -0.4 is 4.74 Å². The predicted molar refractivity (Wildman–Crippen MR) is 117 cm³/mol. The molecule has 0 spiro atoms. The molecule has 0 radical (unpaired) electrons. The number of benzene rings is 1. The zero-order chi connectivity index (χ0) is 19.6. The third-order valence-electron chi connectivity index (χ3n) is 6.49. The maximum atomic E-state index is 10.3. The molecule has 1 saturated heterocycles. The highest BCUT2D eigenvalue weighted by molar-refractivity contribution is 7.07. The van der Waals surface area contributed by atoms with Crippen molar-refractivity contribution in [2.24, 2.45) is 0 Å². The Hall–Kier alpha value is -1.89. The number of aliphatic hydroxyl groups is 1. The predicted octanol–water partition coefficient (Wildman–Crippen LogP) is 4.79. The molecule has 154 valence electrons. The van der Waals surface area contributed by atoms with E-state index < -0.39 is 6.10 Å². The summed E-state index contributed by atoms with van der Waals surface area (Å²) in [7, 11) is 0. The lowest BCUT2D eigenvalue weighted by molar-refractivity contribution is 0.0603. The number of hydrogen-bond acceptors (Lipinski definition) is 5. The zero-order valence-corrected chi connectivity index (χ0v) is 17.6. The summed E-state index contributed by atoms with van der Waals surface area (Å²) < 4.78 is 8.91. The third-order valence-corrected chi connectivity index (χ3v) is 7.10. The number of rotatable bonds is 6. The number of likely N-dealkylation sites (tertiary alicyclic amines) is 1. The summed E-state index contributed by atoms with van der Waals surface area (Å²) in [6.45, 7) is 2.55. The molecular weight excluding hydrogens is 382 g/mol. The Kier molecular flexibility index (Phi) is 5.57. The molecule has 2 aliphatic rings. The van der Waals surface area contributed by atoms with Crippen LogP contribution in [0.5, 0.6) is 5.75 Å². The number of β-amino-alcohol motifs (C(OH)–C–C–N with tert-alkyl or cyclic N) is 1. The van der Waals surface area contributed by atoms with Crippen LogP contribution in [0, 0.1) is 0 Å².